The lowest BCUT2D eigenvalue weighted by Gasteiger charge is -2.09. The molecule has 0 atom stereocenters. The maximum Gasteiger partial charge on any atom is 0.397 e. The average Bonchev–Trinajstić information content (AvgIpc) is 2.39. The van der Waals surface area contributed by atoms with Crippen LogP contribution in [0.1, 0.15) is 17.3 Å². The Bertz CT molecular complexity index is 511. The molecule has 1 amide bonds. The van der Waals surface area contributed by atoms with Crippen LogP contribution in [0, 0.1) is 0 Å². The van der Waals surface area contributed by atoms with Gasteiger partial charge in [0.05, 0.1) is 25.0 Å². The lowest BCUT2D eigenvalue weighted by atomic mass is 10.1. The number of carboxylic acids is 1. The van der Waals surface area contributed by atoms with Crippen molar-refractivity contribution in [2.75, 3.05) is 19.0 Å². The van der Waals surface area contributed by atoms with Crippen LogP contribution in [0.2, 0.25) is 0 Å². The Morgan fingerprint density at radius 2 is 2.00 bits per heavy atom. The van der Waals surface area contributed by atoms with E-state index >= 15 is 0 Å². The van der Waals surface area contributed by atoms with E-state index in [0.717, 1.165) is 0 Å². The summed E-state index contributed by atoms with van der Waals surface area (Å²) in [5.41, 5.74) is -0.191. The van der Waals surface area contributed by atoms with Crippen LogP contribution >= 0.6 is 0 Å². The molecule has 0 spiro atoms. The van der Waals surface area contributed by atoms with Crippen LogP contribution in [0.5, 0.6) is 5.75 Å². The molecular formula is C12H13NO6. The third-order valence-corrected chi connectivity index (χ3v) is 2.17. The fourth-order valence-corrected chi connectivity index (χ4v) is 1.31. The minimum atomic E-state index is -1.25. The van der Waals surface area contributed by atoms with E-state index in [9.17, 15) is 14.4 Å². The quantitative estimate of drug-likeness (QED) is 0.620. The van der Waals surface area contributed by atoms with Gasteiger partial charge in [-0.2, -0.15) is 0 Å². The smallest absolute Gasteiger partial charge is 0.397 e. The van der Waals surface area contributed by atoms with Gasteiger partial charge in [0.15, 0.2) is 0 Å². The number of aromatic carboxylic acids is 1. The molecule has 1 aromatic carbocycles. The summed E-state index contributed by atoms with van der Waals surface area (Å²) in [6, 6.07) is 4.04. The normalized spacial score (nSPS) is 9.58. The Morgan fingerprint density at radius 3 is 2.53 bits per heavy atom. The predicted octanol–water partition coefficient (Wildman–Crippen LogP) is 0.895. The first-order valence-corrected chi connectivity index (χ1v) is 5.39. The van der Waals surface area contributed by atoms with E-state index in [0.29, 0.717) is 5.75 Å². The van der Waals surface area contributed by atoms with Crippen molar-refractivity contribution in [3.63, 3.8) is 0 Å². The average molecular weight is 267 g/mol. The summed E-state index contributed by atoms with van der Waals surface area (Å²) >= 11 is 0. The molecule has 102 valence electrons. The highest BCUT2D eigenvalue weighted by atomic mass is 16.5. The van der Waals surface area contributed by atoms with E-state index < -0.39 is 17.8 Å². The molecule has 7 nitrogen and oxygen atoms in total. The van der Waals surface area contributed by atoms with Crippen LogP contribution < -0.4 is 10.1 Å². The van der Waals surface area contributed by atoms with Crippen LogP contribution in [-0.4, -0.2) is 36.7 Å². The molecule has 0 heterocycles. The second kappa shape index (κ2) is 6.39. The van der Waals surface area contributed by atoms with Crippen molar-refractivity contribution in [1.82, 2.24) is 0 Å². The highest BCUT2D eigenvalue weighted by Crippen LogP contribution is 2.22. The molecule has 0 saturated carbocycles. The molecule has 2 N–H and O–H groups in total. The topological polar surface area (TPSA) is 102 Å². The van der Waals surface area contributed by atoms with Gasteiger partial charge in [-0.3, -0.25) is 4.79 Å². The van der Waals surface area contributed by atoms with Gasteiger partial charge in [0.1, 0.15) is 5.75 Å². The monoisotopic (exact) mass is 267 g/mol. The van der Waals surface area contributed by atoms with E-state index in [1.165, 1.54) is 25.3 Å². The van der Waals surface area contributed by atoms with Gasteiger partial charge >= 0.3 is 17.8 Å². The van der Waals surface area contributed by atoms with Crippen molar-refractivity contribution < 1.29 is 29.0 Å². The van der Waals surface area contributed by atoms with Gasteiger partial charge in [0.25, 0.3) is 0 Å². The molecule has 0 bridgehead atoms. The summed E-state index contributed by atoms with van der Waals surface area (Å²) in [6.45, 7) is 1.61. The summed E-state index contributed by atoms with van der Waals surface area (Å²) in [4.78, 5) is 33.6. The lowest BCUT2D eigenvalue weighted by molar-refractivity contribution is -0.152. The number of ether oxygens (including phenoxy) is 2. The van der Waals surface area contributed by atoms with Crippen LogP contribution in [0.3, 0.4) is 0 Å². The van der Waals surface area contributed by atoms with Gasteiger partial charge in [0.2, 0.25) is 0 Å². The number of hydrogen-bond acceptors (Lipinski definition) is 5. The van der Waals surface area contributed by atoms with Crippen LogP contribution in [0.25, 0.3) is 0 Å². The third-order valence-electron chi connectivity index (χ3n) is 2.17. The number of methoxy groups -OCH3 is 1. The van der Waals surface area contributed by atoms with Crippen molar-refractivity contribution in [1.29, 1.82) is 0 Å². The maximum atomic E-state index is 11.4. The SMILES string of the molecule is CCOC(=O)C(=O)Nc1ccc(OC)cc1C(=O)O. The third kappa shape index (κ3) is 3.70. The van der Waals surface area contributed by atoms with E-state index in [1.54, 1.807) is 6.92 Å². The van der Waals surface area contributed by atoms with Gasteiger partial charge in [0, 0.05) is 0 Å². The Labute approximate surface area is 109 Å². The summed E-state index contributed by atoms with van der Waals surface area (Å²) in [6.07, 6.45) is 0. The predicted molar refractivity (Wildman–Crippen MR) is 65.2 cm³/mol. The van der Waals surface area contributed by atoms with Crippen LogP contribution in [0.4, 0.5) is 5.69 Å². The summed E-state index contributed by atoms with van der Waals surface area (Å²) in [5.74, 6) is -3.03. The fourth-order valence-electron chi connectivity index (χ4n) is 1.31. The second-order valence-electron chi connectivity index (χ2n) is 3.39. The Morgan fingerprint density at radius 1 is 1.32 bits per heavy atom. The molecule has 0 unspecified atom stereocenters. The fraction of sp³-hybridized carbons (Fsp3) is 0.250. The van der Waals surface area contributed by atoms with Crippen LogP contribution in [-0.2, 0) is 14.3 Å². The molecule has 1 aromatic rings. The summed E-state index contributed by atoms with van der Waals surface area (Å²) < 4.78 is 9.38. The largest absolute Gasteiger partial charge is 0.497 e. The lowest BCUT2D eigenvalue weighted by Crippen LogP contribution is -2.26. The number of carbonyl (C=O) groups excluding carboxylic acids is 2. The molecule has 0 aromatic heterocycles. The van der Waals surface area contributed by atoms with Gasteiger partial charge < -0.3 is 19.9 Å². The minimum absolute atomic E-state index is 0.00801. The molecule has 0 aliphatic rings. The number of amides is 1. The van der Waals surface area contributed by atoms with Crippen molar-refractivity contribution in [3.8, 4) is 5.75 Å². The standard InChI is InChI=1S/C12H13NO6/c1-3-19-12(17)10(14)13-9-5-4-7(18-2)6-8(9)11(15)16/h4-6H,3H2,1-2H3,(H,13,14)(H,15,16). The van der Waals surface area contributed by atoms with Crippen molar-refractivity contribution in [2.24, 2.45) is 0 Å². The highest BCUT2D eigenvalue weighted by molar-refractivity contribution is 6.37. The molecule has 1 rings (SSSR count). The number of esters is 1. The van der Waals surface area contributed by atoms with E-state index in [-0.39, 0.29) is 17.9 Å². The van der Waals surface area contributed by atoms with Gasteiger partial charge in [-0.1, -0.05) is 0 Å². The first-order valence-electron chi connectivity index (χ1n) is 5.39. The highest BCUT2D eigenvalue weighted by Gasteiger charge is 2.19. The van der Waals surface area contributed by atoms with Crippen molar-refractivity contribution in [3.05, 3.63) is 23.8 Å². The van der Waals surface area contributed by atoms with E-state index in [1.807, 2.05) is 0 Å². The number of carbonyl (C=O) groups is 3. The zero-order chi connectivity index (χ0) is 14.4. The molecule has 0 fully saturated rings. The van der Waals surface area contributed by atoms with E-state index in [4.69, 9.17) is 9.84 Å². The molecule has 7 heteroatoms. The number of hydrogen-bond donors (Lipinski definition) is 2. The first-order chi connectivity index (χ1) is 8.99. The van der Waals surface area contributed by atoms with Gasteiger partial charge in [-0.05, 0) is 25.1 Å². The number of benzene rings is 1. The summed E-state index contributed by atoms with van der Waals surface area (Å²) in [5, 5.41) is 11.2. The molecular weight excluding hydrogens is 254 g/mol. The zero-order valence-electron chi connectivity index (χ0n) is 10.4. The van der Waals surface area contributed by atoms with Crippen molar-refractivity contribution in [2.45, 2.75) is 6.92 Å². The minimum Gasteiger partial charge on any atom is -0.497 e. The molecule has 0 aliphatic heterocycles. The van der Waals surface area contributed by atoms with E-state index in [2.05, 4.69) is 10.1 Å². The summed E-state index contributed by atoms with van der Waals surface area (Å²) in [7, 11) is 1.39. The number of anilines is 1. The number of carboxylic acid groups (broad SMARTS) is 1. The van der Waals surface area contributed by atoms with Gasteiger partial charge in [-0.15, -0.1) is 0 Å². The molecule has 19 heavy (non-hydrogen) atoms. The molecule has 0 aliphatic carbocycles. The second-order valence-corrected chi connectivity index (χ2v) is 3.39. The Kier molecular flexibility index (Phi) is 4.87. The molecule has 0 radical (unpaired) electrons. The first kappa shape index (κ1) is 14.5. The molecule has 0 saturated heterocycles. The number of nitrogens with one attached hydrogen (secondary N) is 1. The van der Waals surface area contributed by atoms with Gasteiger partial charge in [-0.25, -0.2) is 9.59 Å². The number of rotatable bonds is 4. The Balaban J connectivity index is 2.97. The zero-order valence-corrected chi connectivity index (χ0v) is 10.4. The maximum absolute atomic E-state index is 11.4. The van der Waals surface area contributed by atoms with Crippen LogP contribution in [0.15, 0.2) is 18.2 Å². The van der Waals surface area contributed by atoms with Crippen molar-refractivity contribution >= 4 is 23.5 Å². The Hall–Kier alpha value is -2.57.